The molecule has 0 aromatic carbocycles. The summed E-state index contributed by atoms with van der Waals surface area (Å²) in [5.74, 6) is 0.396. The zero-order chi connectivity index (χ0) is 15.2. The van der Waals surface area contributed by atoms with Crippen molar-refractivity contribution in [1.82, 2.24) is 9.97 Å². The predicted octanol–water partition coefficient (Wildman–Crippen LogP) is 1.53. The molecule has 7 heteroatoms. The van der Waals surface area contributed by atoms with E-state index in [1.807, 2.05) is 11.8 Å². The Hall–Kier alpha value is -1.92. The second-order valence-electron chi connectivity index (χ2n) is 5.39. The molecule has 0 aliphatic carbocycles. The maximum absolute atomic E-state index is 13.9. The van der Waals surface area contributed by atoms with Crippen LogP contribution in [-0.4, -0.2) is 35.5 Å². The van der Waals surface area contributed by atoms with Crippen molar-refractivity contribution in [3.05, 3.63) is 12.0 Å². The zero-order valence-corrected chi connectivity index (χ0v) is 12.3. The van der Waals surface area contributed by atoms with Crippen LogP contribution in [0.3, 0.4) is 0 Å². The molecule has 0 saturated carbocycles. The Morgan fingerprint density at radius 3 is 2.86 bits per heavy atom. The van der Waals surface area contributed by atoms with Crippen molar-refractivity contribution in [2.75, 3.05) is 29.9 Å². The van der Waals surface area contributed by atoms with Gasteiger partial charge < -0.3 is 16.0 Å². The largest absolute Gasteiger partial charge is 0.370 e. The van der Waals surface area contributed by atoms with Crippen molar-refractivity contribution in [3.63, 3.8) is 0 Å². The van der Waals surface area contributed by atoms with Crippen LogP contribution in [0.1, 0.15) is 32.6 Å². The number of carbonyl (C=O) groups is 1. The third-order valence-electron chi connectivity index (χ3n) is 3.66. The molecule has 1 aliphatic heterocycles. The van der Waals surface area contributed by atoms with E-state index in [2.05, 4.69) is 15.3 Å². The molecule has 116 valence electrons. The van der Waals surface area contributed by atoms with E-state index in [1.54, 1.807) is 0 Å². The first-order valence-corrected chi connectivity index (χ1v) is 7.39. The average molecular weight is 295 g/mol. The quantitative estimate of drug-likeness (QED) is 0.831. The van der Waals surface area contributed by atoms with Gasteiger partial charge in [0, 0.05) is 26.1 Å². The van der Waals surface area contributed by atoms with Crippen LogP contribution in [-0.2, 0) is 4.79 Å². The molecule has 1 aromatic heterocycles. The van der Waals surface area contributed by atoms with Crippen molar-refractivity contribution >= 4 is 17.7 Å². The Labute approximate surface area is 123 Å². The second kappa shape index (κ2) is 7.19. The molecule has 0 atom stereocenters. The van der Waals surface area contributed by atoms with E-state index in [0.29, 0.717) is 37.2 Å². The fourth-order valence-electron chi connectivity index (χ4n) is 2.54. The van der Waals surface area contributed by atoms with E-state index in [-0.39, 0.29) is 5.91 Å². The lowest BCUT2D eigenvalue weighted by Gasteiger charge is -2.32. The lowest BCUT2D eigenvalue weighted by atomic mass is 9.93. The molecule has 0 radical (unpaired) electrons. The number of nitrogens with one attached hydrogen (secondary N) is 1. The number of anilines is 2. The summed E-state index contributed by atoms with van der Waals surface area (Å²) in [5, 5.41) is 3.06. The van der Waals surface area contributed by atoms with Crippen molar-refractivity contribution < 1.29 is 9.18 Å². The van der Waals surface area contributed by atoms with Crippen LogP contribution in [0.15, 0.2) is 6.20 Å². The number of primary amides is 1. The van der Waals surface area contributed by atoms with Gasteiger partial charge in [0.05, 0.1) is 6.20 Å². The summed E-state index contributed by atoms with van der Waals surface area (Å²) >= 11 is 0. The third-order valence-corrected chi connectivity index (χ3v) is 3.66. The number of hydrogen-bond acceptors (Lipinski definition) is 5. The number of rotatable bonds is 6. The lowest BCUT2D eigenvalue weighted by molar-refractivity contribution is -0.119. The Balaban J connectivity index is 2.00. The Bertz CT molecular complexity index is 488. The molecule has 1 saturated heterocycles. The number of piperidine rings is 1. The van der Waals surface area contributed by atoms with E-state index < -0.39 is 5.82 Å². The standard InChI is InChI=1S/C14H22FN5O/c1-2-5-17-14-18-9-11(15)13(19-14)20-6-3-10(4-7-20)8-12(16)21/h9-10H,2-8H2,1H3,(H2,16,21)(H,17,18,19). The monoisotopic (exact) mass is 295 g/mol. The molecule has 1 fully saturated rings. The molecular formula is C14H22FN5O. The van der Waals surface area contributed by atoms with Crippen LogP contribution in [0.4, 0.5) is 16.2 Å². The Morgan fingerprint density at radius 2 is 2.24 bits per heavy atom. The van der Waals surface area contributed by atoms with Gasteiger partial charge in [-0.25, -0.2) is 9.37 Å². The molecule has 2 heterocycles. The minimum Gasteiger partial charge on any atom is -0.370 e. The molecule has 0 bridgehead atoms. The highest BCUT2D eigenvalue weighted by molar-refractivity contribution is 5.74. The molecule has 0 unspecified atom stereocenters. The van der Waals surface area contributed by atoms with E-state index in [4.69, 9.17) is 5.73 Å². The van der Waals surface area contributed by atoms with E-state index in [0.717, 1.165) is 25.8 Å². The van der Waals surface area contributed by atoms with E-state index >= 15 is 0 Å². The first-order valence-electron chi connectivity index (χ1n) is 7.39. The van der Waals surface area contributed by atoms with Crippen LogP contribution in [0.25, 0.3) is 0 Å². The van der Waals surface area contributed by atoms with E-state index in [1.165, 1.54) is 6.20 Å². The van der Waals surface area contributed by atoms with Gasteiger partial charge in [0.2, 0.25) is 11.9 Å². The van der Waals surface area contributed by atoms with Gasteiger partial charge in [0.25, 0.3) is 0 Å². The molecule has 1 aliphatic rings. The van der Waals surface area contributed by atoms with Gasteiger partial charge in [0.1, 0.15) is 0 Å². The Kier molecular flexibility index (Phi) is 5.30. The van der Waals surface area contributed by atoms with Gasteiger partial charge in [-0.1, -0.05) is 6.92 Å². The molecular weight excluding hydrogens is 273 g/mol. The number of halogens is 1. The minimum absolute atomic E-state index is 0.271. The highest BCUT2D eigenvalue weighted by Crippen LogP contribution is 2.26. The summed E-state index contributed by atoms with van der Waals surface area (Å²) in [6.07, 6.45) is 4.21. The van der Waals surface area contributed by atoms with Gasteiger partial charge in [0.15, 0.2) is 11.6 Å². The van der Waals surface area contributed by atoms with Crippen LogP contribution in [0.5, 0.6) is 0 Å². The predicted molar refractivity (Wildman–Crippen MR) is 79.5 cm³/mol. The lowest BCUT2D eigenvalue weighted by Crippen LogP contribution is -2.36. The van der Waals surface area contributed by atoms with Gasteiger partial charge in [-0.3, -0.25) is 4.79 Å². The molecule has 0 spiro atoms. The van der Waals surface area contributed by atoms with Crippen LogP contribution in [0, 0.1) is 11.7 Å². The highest BCUT2D eigenvalue weighted by Gasteiger charge is 2.23. The van der Waals surface area contributed by atoms with Crippen molar-refractivity contribution in [1.29, 1.82) is 0 Å². The fourth-order valence-corrected chi connectivity index (χ4v) is 2.54. The van der Waals surface area contributed by atoms with Crippen LogP contribution < -0.4 is 16.0 Å². The maximum Gasteiger partial charge on any atom is 0.224 e. The highest BCUT2D eigenvalue weighted by atomic mass is 19.1. The van der Waals surface area contributed by atoms with Gasteiger partial charge in [-0.15, -0.1) is 0 Å². The number of hydrogen-bond donors (Lipinski definition) is 2. The summed E-state index contributed by atoms with van der Waals surface area (Å²) in [7, 11) is 0. The van der Waals surface area contributed by atoms with Gasteiger partial charge in [-0.2, -0.15) is 4.98 Å². The molecule has 1 amide bonds. The van der Waals surface area contributed by atoms with E-state index in [9.17, 15) is 9.18 Å². The van der Waals surface area contributed by atoms with Gasteiger partial charge in [-0.05, 0) is 25.2 Å². The minimum atomic E-state index is -0.412. The zero-order valence-electron chi connectivity index (χ0n) is 12.3. The summed E-state index contributed by atoms with van der Waals surface area (Å²) in [4.78, 5) is 21.0. The summed E-state index contributed by atoms with van der Waals surface area (Å²) in [6, 6.07) is 0. The Morgan fingerprint density at radius 1 is 1.52 bits per heavy atom. The topological polar surface area (TPSA) is 84.1 Å². The number of nitrogens with two attached hydrogens (primary N) is 1. The number of nitrogens with zero attached hydrogens (tertiary/aromatic N) is 3. The number of amides is 1. The molecule has 6 nitrogen and oxygen atoms in total. The maximum atomic E-state index is 13.9. The molecule has 21 heavy (non-hydrogen) atoms. The number of carbonyl (C=O) groups excluding carboxylic acids is 1. The summed E-state index contributed by atoms with van der Waals surface area (Å²) in [5.41, 5.74) is 5.22. The van der Waals surface area contributed by atoms with Crippen LogP contribution in [0.2, 0.25) is 0 Å². The second-order valence-corrected chi connectivity index (χ2v) is 5.39. The smallest absolute Gasteiger partial charge is 0.224 e. The fraction of sp³-hybridized carbons (Fsp3) is 0.643. The normalized spacial score (nSPS) is 16.0. The van der Waals surface area contributed by atoms with Gasteiger partial charge >= 0.3 is 0 Å². The van der Waals surface area contributed by atoms with Crippen molar-refractivity contribution in [3.8, 4) is 0 Å². The van der Waals surface area contributed by atoms with Crippen molar-refractivity contribution in [2.24, 2.45) is 11.7 Å². The molecule has 1 aromatic rings. The third kappa shape index (κ3) is 4.27. The van der Waals surface area contributed by atoms with Crippen LogP contribution >= 0.6 is 0 Å². The van der Waals surface area contributed by atoms with Crippen molar-refractivity contribution in [2.45, 2.75) is 32.6 Å². The summed E-state index contributed by atoms with van der Waals surface area (Å²) < 4.78 is 13.9. The first-order chi connectivity index (χ1) is 10.1. The number of aromatic nitrogens is 2. The first kappa shape index (κ1) is 15.5. The average Bonchev–Trinajstić information content (AvgIpc) is 2.47. The summed E-state index contributed by atoms with van der Waals surface area (Å²) in [6.45, 7) is 4.16. The molecule has 3 N–H and O–H groups in total. The SMILES string of the molecule is CCCNc1ncc(F)c(N2CCC(CC(N)=O)CC2)n1. The molecule has 2 rings (SSSR count).